The number of Topliss-reactive ketones (excluding diaryl/α,β-unsaturated/α-hetero) is 1. The fraction of sp³-hybridized carbons (Fsp3) is 0.182. The topological polar surface area (TPSA) is 86.0 Å². The highest BCUT2D eigenvalue weighted by Gasteiger charge is 2.18. The van der Waals surface area contributed by atoms with Crippen molar-refractivity contribution in [2.45, 2.75) is 13.3 Å². The largest absolute Gasteiger partial charge is 0.623 e. The fourth-order valence-electron chi connectivity index (χ4n) is 1.58. The molecule has 0 aromatic heterocycles. The lowest BCUT2D eigenvalue weighted by Gasteiger charge is -2.13. The van der Waals surface area contributed by atoms with Gasteiger partial charge in [0.15, 0.2) is 12.0 Å². The van der Waals surface area contributed by atoms with Gasteiger partial charge in [0, 0.05) is 10.5 Å². The molecule has 0 spiro atoms. The Labute approximate surface area is 111 Å². The number of ketones is 1. The highest BCUT2D eigenvalue weighted by molar-refractivity contribution is 9.10. The number of benzene rings is 1. The van der Waals surface area contributed by atoms with Gasteiger partial charge in [-0.25, -0.2) is 0 Å². The van der Waals surface area contributed by atoms with Crippen LogP contribution in [0.15, 0.2) is 21.6 Å². The number of fused-ring (bicyclic) bond motifs is 1. The maximum absolute atomic E-state index is 11.5. The molecule has 1 aliphatic rings. The number of hydrogen-bond acceptors (Lipinski definition) is 4. The van der Waals surface area contributed by atoms with Gasteiger partial charge < -0.3 is 10.5 Å². The van der Waals surface area contributed by atoms with E-state index < -0.39 is 5.91 Å². The molecular formula is C11H10BrN3O3. The standard InChI is InChI=1S/C11H10BrN3O3/c1-6(16)2-11(17)14-8-4-9-10(3-7(8)12)15(18)5-13-9/h3-5,15H,2H2,1H3,(H,14,17). The number of quaternary nitrogens is 1. The van der Waals surface area contributed by atoms with E-state index in [0.29, 0.717) is 21.5 Å². The Morgan fingerprint density at radius 2 is 2.22 bits per heavy atom. The van der Waals surface area contributed by atoms with Gasteiger partial charge in [0.05, 0.1) is 12.1 Å². The first-order valence-electron chi connectivity index (χ1n) is 5.18. The van der Waals surface area contributed by atoms with Gasteiger partial charge in [-0.1, -0.05) is 0 Å². The van der Waals surface area contributed by atoms with Gasteiger partial charge >= 0.3 is 0 Å². The van der Waals surface area contributed by atoms with Gasteiger partial charge in [-0.15, -0.1) is 0 Å². The molecule has 1 aliphatic heterocycles. The molecule has 0 bridgehead atoms. The molecule has 2 rings (SSSR count). The molecule has 2 N–H and O–H groups in total. The first-order valence-corrected chi connectivity index (χ1v) is 5.98. The maximum atomic E-state index is 11.5. The zero-order valence-corrected chi connectivity index (χ0v) is 11.1. The van der Waals surface area contributed by atoms with E-state index in [4.69, 9.17) is 0 Å². The SMILES string of the molecule is CC(=O)CC(=O)Nc1cc2c(cc1Br)[NH+]([O-])C=N2. The molecule has 1 atom stereocenters. The smallest absolute Gasteiger partial charge is 0.231 e. The molecule has 1 aromatic carbocycles. The van der Waals surface area contributed by atoms with E-state index in [2.05, 4.69) is 26.2 Å². The first kappa shape index (κ1) is 12.9. The van der Waals surface area contributed by atoms with Gasteiger partial charge in [0.25, 0.3) is 0 Å². The minimum Gasteiger partial charge on any atom is -0.623 e. The lowest BCUT2D eigenvalue weighted by Crippen LogP contribution is -2.99. The Hall–Kier alpha value is -1.57. The van der Waals surface area contributed by atoms with Crippen molar-refractivity contribution in [1.82, 2.24) is 0 Å². The Balaban J connectivity index is 2.22. The van der Waals surface area contributed by atoms with E-state index in [1.54, 1.807) is 12.1 Å². The van der Waals surface area contributed by atoms with Crippen LogP contribution < -0.4 is 10.4 Å². The third kappa shape index (κ3) is 2.63. The Bertz CT molecular complexity index is 557. The second-order valence-electron chi connectivity index (χ2n) is 3.90. The highest BCUT2D eigenvalue weighted by atomic mass is 79.9. The second kappa shape index (κ2) is 4.97. The number of hydroxylamine groups is 1. The van der Waals surface area contributed by atoms with Crippen molar-refractivity contribution >= 4 is 51.0 Å². The van der Waals surface area contributed by atoms with Crippen LogP contribution >= 0.6 is 15.9 Å². The van der Waals surface area contributed by atoms with Crippen LogP contribution in [0.1, 0.15) is 13.3 Å². The van der Waals surface area contributed by atoms with E-state index in [9.17, 15) is 14.8 Å². The number of nitrogens with one attached hydrogen (secondary N) is 2. The van der Waals surface area contributed by atoms with Gasteiger partial charge in [-0.05, 0) is 28.9 Å². The van der Waals surface area contributed by atoms with E-state index >= 15 is 0 Å². The average molecular weight is 312 g/mol. The van der Waals surface area contributed by atoms with Crippen LogP contribution in [0.4, 0.5) is 17.1 Å². The van der Waals surface area contributed by atoms with Gasteiger partial charge in [0.1, 0.15) is 11.5 Å². The molecule has 1 unspecified atom stereocenters. The Kier molecular flexibility index (Phi) is 3.55. The van der Waals surface area contributed by atoms with Crippen molar-refractivity contribution in [2.24, 2.45) is 4.99 Å². The molecule has 0 radical (unpaired) electrons. The summed E-state index contributed by atoms with van der Waals surface area (Å²) in [5.41, 5.74) is 1.50. The molecule has 0 saturated heterocycles. The molecule has 1 heterocycles. The molecule has 0 aliphatic carbocycles. The molecular weight excluding hydrogens is 302 g/mol. The number of aliphatic imine (C=N–C) groups is 1. The molecule has 0 saturated carbocycles. The van der Waals surface area contributed by atoms with E-state index in [1.807, 2.05) is 0 Å². The zero-order valence-electron chi connectivity index (χ0n) is 9.49. The first-order chi connectivity index (χ1) is 8.47. The number of amides is 1. The summed E-state index contributed by atoms with van der Waals surface area (Å²) in [7, 11) is 0. The van der Waals surface area contributed by atoms with Crippen LogP contribution in [0, 0.1) is 5.21 Å². The number of nitrogens with zero attached hydrogens (tertiary/aromatic N) is 1. The van der Waals surface area contributed by atoms with E-state index in [-0.39, 0.29) is 17.3 Å². The quantitative estimate of drug-likeness (QED) is 0.646. The molecule has 6 nitrogen and oxygen atoms in total. The summed E-state index contributed by atoms with van der Waals surface area (Å²) in [6.45, 7) is 1.35. The van der Waals surface area contributed by atoms with Crippen LogP contribution in [-0.2, 0) is 9.59 Å². The van der Waals surface area contributed by atoms with E-state index in [1.165, 1.54) is 13.3 Å². The predicted molar refractivity (Wildman–Crippen MR) is 70.2 cm³/mol. The minimum absolute atomic E-state index is 0.160. The van der Waals surface area contributed by atoms with Crippen LogP contribution in [0.3, 0.4) is 0 Å². The minimum atomic E-state index is -0.392. The van der Waals surface area contributed by atoms with Gasteiger partial charge in [0.2, 0.25) is 5.91 Å². The van der Waals surface area contributed by atoms with Crippen LogP contribution in [0.25, 0.3) is 0 Å². The maximum Gasteiger partial charge on any atom is 0.231 e. The molecule has 7 heteroatoms. The van der Waals surface area contributed by atoms with Crippen LogP contribution in [-0.4, -0.2) is 18.0 Å². The lowest BCUT2D eigenvalue weighted by molar-refractivity contribution is -0.655. The third-order valence-corrected chi connectivity index (χ3v) is 3.01. The predicted octanol–water partition coefficient (Wildman–Crippen LogP) is 1.05. The van der Waals surface area contributed by atoms with Crippen molar-refractivity contribution < 1.29 is 14.7 Å². The summed E-state index contributed by atoms with van der Waals surface area (Å²) in [5.74, 6) is -0.602. The van der Waals surface area contributed by atoms with Crippen molar-refractivity contribution in [3.63, 3.8) is 0 Å². The average Bonchev–Trinajstić information content (AvgIpc) is 2.60. The van der Waals surface area contributed by atoms with Crippen molar-refractivity contribution in [2.75, 3.05) is 5.32 Å². The monoisotopic (exact) mass is 311 g/mol. The van der Waals surface area contributed by atoms with Crippen LogP contribution in [0.5, 0.6) is 0 Å². The number of carbonyl (C=O) groups excluding carboxylic acids is 2. The number of rotatable bonds is 3. The lowest BCUT2D eigenvalue weighted by atomic mass is 10.2. The van der Waals surface area contributed by atoms with Crippen LogP contribution in [0.2, 0.25) is 0 Å². The molecule has 94 valence electrons. The second-order valence-corrected chi connectivity index (χ2v) is 4.75. The number of carbonyl (C=O) groups is 2. The molecule has 1 amide bonds. The number of hydrogen-bond donors (Lipinski definition) is 2. The summed E-state index contributed by atoms with van der Waals surface area (Å²) < 4.78 is 0.581. The van der Waals surface area contributed by atoms with Crippen molar-refractivity contribution in [3.8, 4) is 0 Å². The zero-order chi connectivity index (χ0) is 13.3. The summed E-state index contributed by atoms with van der Waals surface area (Å²) in [6.07, 6.45) is 1.06. The van der Waals surface area contributed by atoms with Gasteiger partial charge in [-0.3, -0.25) is 14.7 Å². The number of halogens is 1. The fourth-order valence-corrected chi connectivity index (χ4v) is 2.02. The molecule has 1 aromatic rings. The summed E-state index contributed by atoms with van der Waals surface area (Å²) in [5, 5.41) is 13.8. The van der Waals surface area contributed by atoms with E-state index in [0.717, 1.165) is 0 Å². The Morgan fingerprint density at radius 3 is 2.89 bits per heavy atom. The highest BCUT2D eigenvalue weighted by Crippen LogP contribution is 2.34. The summed E-state index contributed by atoms with van der Waals surface area (Å²) in [6, 6.07) is 3.20. The van der Waals surface area contributed by atoms with Crippen molar-refractivity contribution in [3.05, 3.63) is 21.8 Å². The molecule has 18 heavy (non-hydrogen) atoms. The summed E-state index contributed by atoms with van der Waals surface area (Å²) in [4.78, 5) is 26.2. The van der Waals surface area contributed by atoms with Gasteiger partial charge in [-0.2, -0.15) is 4.99 Å². The normalized spacial score (nSPS) is 16.5. The Morgan fingerprint density at radius 1 is 1.50 bits per heavy atom. The van der Waals surface area contributed by atoms with Crippen molar-refractivity contribution in [1.29, 1.82) is 0 Å². The molecule has 0 fully saturated rings. The third-order valence-electron chi connectivity index (χ3n) is 2.36. The summed E-state index contributed by atoms with van der Waals surface area (Å²) >= 11 is 3.26. The number of anilines is 1.